The van der Waals surface area contributed by atoms with Gasteiger partial charge >= 0.3 is 0 Å². The van der Waals surface area contributed by atoms with Crippen LogP contribution in [0.25, 0.3) is 0 Å². The zero-order valence-corrected chi connectivity index (χ0v) is 12.6. The fourth-order valence-corrected chi connectivity index (χ4v) is 2.90. The molecular weight excluding hydrogens is 242 g/mol. The minimum Gasteiger partial charge on any atom is -0.410 e. The van der Waals surface area contributed by atoms with E-state index >= 15 is 0 Å². The van der Waals surface area contributed by atoms with E-state index in [1.54, 1.807) is 4.90 Å². The largest absolute Gasteiger partial charge is 0.410 e. The number of carbonyl (C=O) groups is 1. The van der Waals surface area contributed by atoms with Gasteiger partial charge in [-0.3, -0.25) is 4.79 Å². The lowest BCUT2D eigenvalue weighted by atomic mass is 10.2. The van der Waals surface area contributed by atoms with Crippen LogP contribution in [0.4, 0.5) is 0 Å². The maximum absolute atomic E-state index is 11.3. The third-order valence-electron chi connectivity index (χ3n) is 3.58. The van der Waals surface area contributed by atoms with Crippen molar-refractivity contribution in [2.45, 2.75) is 45.0 Å². The molecule has 0 atom stereocenters. The lowest BCUT2D eigenvalue weighted by molar-refractivity contribution is -0.137. The van der Waals surface area contributed by atoms with Gasteiger partial charge in [0.15, 0.2) is 8.32 Å². The van der Waals surface area contributed by atoms with E-state index in [1.165, 1.54) is 0 Å². The molecule has 94 valence electrons. The first-order valence-electron chi connectivity index (χ1n) is 5.69. The van der Waals surface area contributed by atoms with E-state index in [2.05, 4.69) is 33.9 Å². The van der Waals surface area contributed by atoms with Crippen molar-refractivity contribution in [1.29, 1.82) is 0 Å². The Morgan fingerprint density at radius 1 is 1.44 bits per heavy atom. The molecule has 0 aromatic heterocycles. The van der Waals surface area contributed by atoms with Crippen molar-refractivity contribution in [3.8, 4) is 0 Å². The average molecular weight is 264 g/mol. The van der Waals surface area contributed by atoms with Gasteiger partial charge in [-0.1, -0.05) is 20.8 Å². The first kappa shape index (κ1) is 14.0. The van der Waals surface area contributed by atoms with Gasteiger partial charge in [-0.05, 0) is 18.1 Å². The van der Waals surface area contributed by atoms with Crippen LogP contribution < -0.4 is 0 Å². The topological polar surface area (TPSA) is 29.5 Å². The number of amides is 1. The monoisotopic (exact) mass is 263 g/mol. The van der Waals surface area contributed by atoms with Crippen LogP contribution in [0.1, 0.15) is 20.8 Å². The van der Waals surface area contributed by atoms with Gasteiger partial charge in [0.05, 0.1) is 6.10 Å². The minimum absolute atomic E-state index is 0.0109. The molecule has 0 unspecified atom stereocenters. The highest BCUT2D eigenvalue weighted by Gasteiger charge is 2.42. The average Bonchev–Trinajstić information content (AvgIpc) is 2.07. The summed E-state index contributed by atoms with van der Waals surface area (Å²) in [6.07, 6.45) is 0.216. The second-order valence-corrected chi connectivity index (χ2v) is 11.0. The van der Waals surface area contributed by atoms with Crippen LogP contribution >= 0.6 is 11.6 Å². The summed E-state index contributed by atoms with van der Waals surface area (Å²) < 4.78 is 6.17. The molecule has 3 nitrogen and oxygen atoms in total. The van der Waals surface area contributed by atoms with Crippen LogP contribution in [0.2, 0.25) is 18.1 Å². The zero-order chi connectivity index (χ0) is 12.6. The predicted molar refractivity (Wildman–Crippen MR) is 69.4 cm³/mol. The second-order valence-electron chi connectivity index (χ2n) is 5.93. The summed E-state index contributed by atoms with van der Waals surface area (Å²) in [6.45, 7) is 12.5. The highest BCUT2D eigenvalue weighted by Crippen LogP contribution is 2.38. The number of rotatable bonds is 3. The molecule has 1 saturated heterocycles. The molecular formula is C11H22ClNO2Si. The maximum atomic E-state index is 11.3. The standard InChI is InChI=1S/C11H22ClNO2Si/c1-11(2,3)16(4,5)15-9-7-13(8-9)10(14)6-12/h9H,6-8H2,1-5H3. The minimum atomic E-state index is -1.68. The third-order valence-corrected chi connectivity index (χ3v) is 8.35. The summed E-state index contributed by atoms with van der Waals surface area (Å²) >= 11 is 5.49. The molecule has 1 fully saturated rings. The summed E-state index contributed by atoms with van der Waals surface area (Å²) in [6, 6.07) is 0. The van der Waals surface area contributed by atoms with Crippen molar-refractivity contribution in [3.05, 3.63) is 0 Å². The van der Waals surface area contributed by atoms with Crippen LogP contribution in [-0.2, 0) is 9.22 Å². The molecule has 1 amide bonds. The Morgan fingerprint density at radius 2 is 1.94 bits per heavy atom. The number of hydrogen-bond acceptors (Lipinski definition) is 2. The van der Waals surface area contributed by atoms with Crippen LogP contribution in [0.5, 0.6) is 0 Å². The molecule has 0 N–H and O–H groups in total. The highest BCUT2D eigenvalue weighted by atomic mass is 35.5. The molecule has 1 rings (SSSR count). The lowest BCUT2D eigenvalue weighted by Gasteiger charge is -2.46. The number of likely N-dealkylation sites (tertiary alicyclic amines) is 1. The molecule has 1 heterocycles. The molecule has 0 saturated carbocycles. The van der Waals surface area contributed by atoms with Gasteiger partial charge in [0.1, 0.15) is 5.88 Å². The molecule has 0 spiro atoms. The van der Waals surface area contributed by atoms with Crippen molar-refractivity contribution in [3.63, 3.8) is 0 Å². The molecule has 0 aliphatic carbocycles. The summed E-state index contributed by atoms with van der Waals surface area (Å²) in [5.41, 5.74) is 0. The van der Waals surface area contributed by atoms with Crippen molar-refractivity contribution in [1.82, 2.24) is 4.90 Å². The van der Waals surface area contributed by atoms with Gasteiger partial charge in [0.25, 0.3) is 0 Å². The summed E-state index contributed by atoms with van der Waals surface area (Å²) in [5, 5.41) is 0.226. The Hall–Kier alpha value is -0.0631. The Labute approximate surface area is 104 Å². The van der Waals surface area contributed by atoms with Gasteiger partial charge in [-0.25, -0.2) is 0 Å². The zero-order valence-electron chi connectivity index (χ0n) is 10.8. The Morgan fingerprint density at radius 3 is 2.31 bits per heavy atom. The van der Waals surface area contributed by atoms with E-state index in [1.807, 2.05) is 0 Å². The molecule has 0 radical (unpaired) electrons. The van der Waals surface area contributed by atoms with E-state index in [0.717, 1.165) is 0 Å². The molecule has 0 aromatic carbocycles. The van der Waals surface area contributed by atoms with E-state index in [9.17, 15) is 4.79 Å². The third kappa shape index (κ3) is 2.99. The van der Waals surface area contributed by atoms with Gasteiger partial charge in [-0.2, -0.15) is 0 Å². The molecule has 1 aliphatic rings. The Balaban J connectivity index is 2.40. The SMILES string of the molecule is CC(C)(C)[Si](C)(C)OC1CN(C(=O)CCl)C1. The van der Waals surface area contributed by atoms with Crippen molar-refractivity contribution < 1.29 is 9.22 Å². The van der Waals surface area contributed by atoms with Gasteiger partial charge in [0.2, 0.25) is 5.91 Å². The van der Waals surface area contributed by atoms with Crippen molar-refractivity contribution in [2.24, 2.45) is 0 Å². The highest BCUT2D eigenvalue weighted by molar-refractivity contribution is 6.74. The molecule has 16 heavy (non-hydrogen) atoms. The quantitative estimate of drug-likeness (QED) is 0.578. The van der Waals surface area contributed by atoms with Gasteiger partial charge in [-0.15, -0.1) is 11.6 Å². The van der Waals surface area contributed by atoms with Crippen LogP contribution in [-0.4, -0.2) is 44.2 Å². The normalized spacial score (nSPS) is 18.5. The van der Waals surface area contributed by atoms with Crippen molar-refractivity contribution >= 4 is 25.8 Å². The number of carbonyl (C=O) groups excluding carboxylic acids is 1. The summed E-state index contributed by atoms with van der Waals surface area (Å²) in [7, 11) is -1.68. The molecule has 1 aliphatic heterocycles. The number of hydrogen-bond donors (Lipinski definition) is 0. The van der Waals surface area contributed by atoms with Crippen LogP contribution in [0.3, 0.4) is 0 Å². The van der Waals surface area contributed by atoms with E-state index in [0.29, 0.717) is 13.1 Å². The fraction of sp³-hybridized carbons (Fsp3) is 0.909. The maximum Gasteiger partial charge on any atom is 0.237 e. The molecule has 0 aromatic rings. The fourth-order valence-electron chi connectivity index (χ4n) is 1.39. The first-order chi connectivity index (χ1) is 7.17. The van der Waals surface area contributed by atoms with E-state index < -0.39 is 8.32 Å². The lowest BCUT2D eigenvalue weighted by Crippen LogP contribution is -2.59. The Bertz CT molecular complexity index is 270. The first-order valence-corrected chi connectivity index (χ1v) is 9.13. The summed E-state index contributed by atoms with van der Waals surface area (Å²) in [5.74, 6) is 0.0871. The van der Waals surface area contributed by atoms with E-state index in [-0.39, 0.29) is 22.9 Å². The predicted octanol–water partition coefficient (Wildman–Crippen LogP) is 2.46. The molecule has 0 bridgehead atoms. The van der Waals surface area contributed by atoms with Gasteiger partial charge < -0.3 is 9.33 Å². The number of alkyl halides is 1. The number of halogens is 1. The van der Waals surface area contributed by atoms with Gasteiger partial charge in [0, 0.05) is 13.1 Å². The second kappa shape index (κ2) is 4.67. The summed E-state index contributed by atoms with van der Waals surface area (Å²) in [4.78, 5) is 13.0. The Kier molecular flexibility index (Phi) is 4.08. The van der Waals surface area contributed by atoms with E-state index in [4.69, 9.17) is 16.0 Å². The van der Waals surface area contributed by atoms with Crippen LogP contribution in [0.15, 0.2) is 0 Å². The molecule has 5 heteroatoms. The van der Waals surface area contributed by atoms with Crippen molar-refractivity contribution in [2.75, 3.05) is 19.0 Å². The van der Waals surface area contributed by atoms with Crippen LogP contribution in [0, 0.1) is 0 Å². The number of nitrogens with zero attached hydrogens (tertiary/aromatic N) is 1. The smallest absolute Gasteiger partial charge is 0.237 e.